The van der Waals surface area contributed by atoms with E-state index >= 15 is 0 Å². The van der Waals surface area contributed by atoms with Crippen molar-refractivity contribution in [3.8, 4) is 0 Å². The Morgan fingerprint density at radius 3 is 2.51 bits per heavy atom. The van der Waals surface area contributed by atoms with Crippen molar-refractivity contribution in [2.24, 2.45) is 11.1 Å². The lowest BCUT2D eigenvalue weighted by Gasteiger charge is -2.53. The summed E-state index contributed by atoms with van der Waals surface area (Å²) in [6, 6.07) is 4.31. The minimum Gasteiger partial charge on any atom is -0.481 e. The maximum Gasteiger partial charge on any atom is 0.404 e. The van der Waals surface area contributed by atoms with Crippen molar-refractivity contribution < 1.29 is 38.6 Å². The zero-order valence-electron chi connectivity index (χ0n) is 18.5. The van der Waals surface area contributed by atoms with E-state index in [1.54, 1.807) is 30.3 Å². The molecule has 15 heteroatoms. The molecule has 0 saturated carbocycles. The number of carbonyl (C=O) groups is 6. The summed E-state index contributed by atoms with van der Waals surface area (Å²) in [5.74, 6) is -2.47. The van der Waals surface area contributed by atoms with Gasteiger partial charge in [-0.15, -0.1) is 11.8 Å². The second kappa shape index (κ2) is 10.5. The highest BCUT2D eigenvalue weighted by molar-refractivity contribution is 8.00. The van der Waals surface area contributed by atoms with E-state index in [2.05, 4.69) is 16.0 Å². The molecule has 14 nitrogen and oxygen atoms in total. The number of carboxylic acid groups (broad SMARTS) is 1. The molecule has 35 heavy (non-hydrogen) atoms. The Balaban J connectivity index is 1.70. The number of fused-ring (bicyclic) bond motifs is 1. The van der Waals surface area contributed by atoms with Crippen LogP contribution in [0.2, 0.25) is 0 Å². The number of nitrogens with zero attached hydrogens (tertiary/aromatic N) is 1. The van der Waals surface area contributed by atoms with Gasteiger partial charge in [-0.3, -0.25) is 19.7 Å². The molecule has 2 saturated heterocycles. The average molecular weight is 509 g/mol. The number of amides is 7. The van der Waals surface area contributed by atoms with Gasteiger partial charge in [0.15, 0.2) is 0 Å². The van der Waals surface area contributed by atoms with Crippen LogP contribution in [0, 0.1) is 5.41 Å². The highest BCUT2D eigenvalue weighted by Gasteiger charge is 2.58. The Kier molecular flexibility index (Phi) is 7.68. The molecule has 0 aromatic heterocycles. The van der Waals surface area contributed by atoms with Crippen molar-refractivity contribution in [1.29, 1.82) is 0 Å². The zero-order valence-corrected chi connectivity index (χ0v) is 19.3. The number of nitrogens with one attached hydrogen (secondary N) is 4. The van der Waals surface area contributed by atoms with Gasteiger partial charge in [0.2, 0.25) is 11.8 Å². The summed E-state index contributed by atoms with van der Waals surface area (Å²) < 4.78 is 4.70. The van der Waals surface area contributed by atoms with Crippen LogP contribution in [0.25, 0.3) is 0 Å². The Morgan fingerprint density at radius 2 is 1.91 bits per heavy atom. The number of β-lactam (4-membered cyclic amide) rings is 1. The third-order valence-electron chi connectivity index (χ3n) is 5.51. The molecule has 0 spiro atoms. The lowest BCUT2D eigenvalue weighted by molar-refractivity contribution is -0.161. The van der Waals surface area contributed by atoms with Crippen LogP contribution in [0.15, 0.2) is 30.3 Å². The lowest BCUT2D eigenvalue weighted by Crippen LogP contribution is -2.74. The van der Waals surface area contributed by atoms with Gasteiger partial charge in [-0.2, -0.15) is 0 Å². The van der Waals surface area contributed by atoms with Crippen molar-refractivity contribution in [3.63, 3.8) is 0 Å². The van der Waals surface area contributed by atoms with Gasteiger partial charge >= 0.3 is 24.1 Å². The molecule has 0 aliphatic carbocycles. The summed E-state index contributed by atoms with van der Waals surface area (Å²) in [6.45, 7) is -0.730. The van der Waals surface area contributed by atoms with Gasteiger partial charge in [0.05, 0.1) is 0 Å². The normalized spacial score (nSPS) is 23.6. The first-order chi connectivity index (χ1) is 16.6. The summed E-state index contributed by atoms with van der Waals surface area (Å²) in [5.41, 5.74) is 3.82. The Morgan fingerprint density at radius 1 is 1.23 bits per heavy atom. The number of nitrogens with two attached hydrogens (primary N) is 1. The van der Waals surface area contributed by atoms with Crippen LogP contribution in [0.4, 0.5) is 14.4 Å². The van der Waals surface area contributed by atoms with E-state index in [0.717, 1.165) is 11.8 Å². The second-order valence-electron chi connectivity index (χ2n) is 7.87. The van der Waals surface area contributed by atoms with Crippen LogP contribution in [-0.2, 0) is 19.1 Å². The fourth-order valence-corrected chi connectivity index (χ4v) is 5.15. The molecule has 1 aromatic rings. The van der Waals surface area contributed by atoms with E-state index in [1.165, 1.54) is 11.9 Å². The summed E-state index contributed by atoms with van der Waals surface area (Å²) in [4.78, 5) is 73.5. The van der Waals surface area contributed by atoms with Gasteiger partial charge in [-0.1, -0.05) is 30.3 Å². The number of rotatable bonds is 7. The summed E-state index contributed by atoms with van der Waals surface area (Å²) >= 11 is 1.11. The van der Waals surface area contributed by atoms with Crippen LogP contribution in [0.5, 0.6) is 0 Å². The number of carboxylic acids is 1. The molecule has 7 N–H and O–H groups in total. The first-order valence-corrected chi connectivity index (χ1v) is 11.3. The first kappa shape index (κ1) is 25.6. The molecular formula is C20H24N6O8S. The van der Waals surface area contributed by atoms with Gasteiger partial charge < -0.3 is 36.4 Å². The van der Waals surface area contributed by atoms with Gasteiger partial charge in [-0.05, 0) is 5.56 Å². The second-order valence-corrected chi connectivity index (χ2v) is 8.97. The molecule has 3 rings (SSSR count). The van der Waals surface area contributed by atoms with Gasteiger partial charge in [0, 0.05) is 19.3 Å². The van der Waals surface area contributed by atoms with Crippen LogP contribution >= 0.6 is 11.8 Å². The fraction of sp³-hybridized carbons (Fsp3) is 0.400. The van der Waals surface area contributed by atoms with E-state index < -0.39 is 65.4 Å². The summed E-state index contributed by atoms with van der Waals surface area (Å²) in [7, 11) is 1.32. The molecule has 2 heterocycles. The van der Waals surface area contributed by atoms with E-state index in [4.69, 9.17) is 10.5 Å². The number of urea groups is 2. The number of aliphatic carboxylic acids is 1. The predicted octanol–water partition coefficient (Wildman–Crippen LogP) is -1.07. The Bertz CT molecular complexity index is 1040. The highest BCUT2D eigenvalue weighted by atomic mass is 32.2. The number of carbonyl (C=O) groups excluding carboxylic acids is 5. The molecule has 2 aliphatic heterocycles. The van der Waals surface area contributed by atoms with Crippen molar-refractivity contribution in [2.45, 2.75) is 17.5 Å². The fourth-order valence-electron chi connectivity index (χ4n) is 3.63. The average Bonchev–Trinajstić information content (AvgIpc) is 2.84. The number of hydrogen-bond acceptors (Lipinski definition) is 8. The Hall–Kier alpha value is -4.01. The predicted molar refractivity (Wildman–Crippen MR) is 121 cm³/mol. The minimum atomic E-state index is -1.53. The minimum absolute atomic E-state index is 0.00529. The van der Waals surface area contributed by atoms with Crippen molar-refractivity contribution >= 4 is 47.7 Å². The Labute approximate surface area is 203 Å². The third kappa shape index (κ3) is 5.56. The number of imide groups is 1. The van der Waals surface area contributed by atoms with Crippen LogP contribution in [0.1, 0.15) is 11.6 Å². The SMILES string of the molecule is CNC(=O)NC(=O)NC(C(=O)NC1C(=O)N2CC(COC(N)=O)(C(=O)O)CS[C@H]12)c1ccccc1. The smallest absolute Gasteiger partial charge is 0.404 e. The molecule has 3 unspecified atom stereocenters. The molecule has 2 fully saturated rings. The standard InChI is InChI=1S/C20H24N6O8S/c1-22-18(32)25-19(33)24-11(10-5-3-2-4-6-10)13(27)23-12-14(28)26-7-20(16(29)30,8-34-17(21)31)9-35-15(12)26/h2-6,11-12,15H,7-9H2,1H3,(H2,21,31)(H,23,27)(H,29,30)(H3,22,24,25,32,33)/t11?,12?,15-,20?/m1/s1. The van der Waals surface area contributed by atoms with Crippen molar-refractivity contribution in [1.82, 2.24) is 26.2 Å². The monoisotopic (exact) mass is 508 g/mol. The molecule has 0 radical (unpaired) electrons. The lowest BCUT2D eigenvalue weighted by atomic mass is 9.88. The zero-order chi connectivity index (χ0) is 25.8. The molecule has 1 aromatic carbocycles. The maximum absolute atomic E-state index is 13.1. The topological polar surface area (TPSA) is 209 Å². The first-order valence-electron chi connectivity index (χ1n) is 10.3. The third-order valence-corrected chi connectivity index (χ3v) is 7.10. The molecule has 188 valence electrons. The summed E-state index contributed by atoms with van der Waals surface area (Å²) in [5, 5.41) is 18.3. The number of ether oxygens (including phenoxy) is 1. The largest absolute Gasteiger partial charge is 0.481 e. The quantitative estimate of drug-likeness (QED) is 0.247. The van der Waals surface area contributed by atoms with Crippen LogP contribution in [-0.4, -0.2) is 83.3 Å². The molecular weight excluding hydrogens is 484 g/mol. The van der Waals surface area contributed by atoms with Gasteiger partial charge in [-0.25, -0.2) is 14.4 Å². The van der Waals surface area contributed by atoms with Crippen LogP contribution < -0.4 is 27.0 Å². The summed E-state index contributed by atoms with van der Waals surface area (Å²) in [6.07, 6.45) is -1.13. The molecule has 4 atom stereocenters. The van der Waals surface area contributed by atoms with E-state index in [1.807, 2.05) is 5.32 Å². The number of primary amides is 1. The molecule has 2 aliphatic rings. The van der Waals surface area contributed by atoms with Crippen molar-refractivity contribution in [2.75, 3.05) is 26.0 Å². The van der Waals surface area contributed by atoms with Crippen LogP contribution in [0.3, 0.4) is 0 Å². The van der Waals surface area contributed by atoms with Gasteiger partial charge in [0.25, 0.3) is 0 Å². The highest BCUT2D eigenvalue weighted by Crippen LogP contribution is 2.42. The van der Waals surface area contributed by atoms with E-state index in [-0.39, 0.29) is 12.3 Å². The molecule has 0 bridgehead atoms. The number of hydrogen-bond donors (Lipinski definition) is 6. The van der Waals surface area contributed by atoms with Gasteiger partial charge in [0.1, 0.15) is 29.5 Å². The van der Waals surface area contributed by atoms with E-state index in [0.29, 0.717) is 5.56 Å². The maximum atomic E-state index is 13.1. The van der Waals surface area contributed by atoms with Crippen molar-refractivity contribution in [3.05, 3.63) is 35.9 Å². The number of thioether (sulfide) groups is 1. The number of benzene rings is 1. The van der Waals surface area contributed by atoms with E-state index in [9.17, 15) is 33.9 Å². The molecule has 7 amide bonds.